The largest absolute Gasteiger partial charge is 0.394 e. The zero-order valence-corrected chi connectivity index (χ0v) is 27.8. The highest BCUT2D eigenvalue weighted by molar-refractivity contribution is 6.30. The molecule has 4 fully saturated rings. The maximum Gasteiger partial charge on any atom is 0.187 e. The summed E-state index contributed by atoms with van der Waals surface area (Å²) in [6.45, 7) is -1.34. The Morgan fingerprint density at radius 2 is 1.16 bits per heavy atom. The molecular weight excluding hydrogens is 690 g/mol. The highest BCUT2D eigenvalue weighted by Gasteiger charge is 2.54. The van der Waals surface area contributed by atoms with E-state index < -0.39 is 129 Å². The fourth-order valence-corrected chi connectivity index (χ4v) is 6.79. The van der Waals surface area contributed by atoms with Crippen LogP contribution in [0.1, 0.15) is 12.0 Å². The molecule has 0 amide bonds. The Morgan fingerprint density at radius 1 is 0.620 bits per heavy atom. The molecule has 1 aromatic rings. The van der Waals surface area contributed by atoms with Crippen LogP contribution in [0.15, 0.2) is 24.3 Å². The van der Waals surface area contributed by atoms with Crippen molar-refractivity contribution in [3.63, 3.8) is 0 Å². The van der Waals surface area contributed by atoms with E-state index in [-0.39, 0.29) is 19.6 Å². The van der Waals surface area contributed by atoms with E-state index in [2.05, 4.69) is 0 Å². The average molecular weight is 740 g/mol. The zero-order valence-electron chi connectivity index (χ0n) is 27.1. The van der Waals surface area contributed by atoms with Crippen molar-refractivity contribution in [1.29, 1.82) is 0 Å². The van der Waals surface area contributed by atoms with Gasteiger partial charge in [-0.2, -0.15) is 0 Å². The summed E-state index contributed by atoms with van der Waals surface area (Å²) in [6.07, 6.45) is -19.8. The maximum atomic E-state index is 11.3. The summed E-state index contributed by atoms with van der Waals surface area (Å²) in [5.74, 6) is 0. The monoisotopic (exact) mass is 739 g/mol. The lowest BCUT2D eigenvalue weighted by molar-refractivity contribution is -0.315. The van der Waals surface area contributed by atoms with Gasteiger partial charge in [0.05, 0.1) is 38.0 Å². The van der Waals surface area contributed by atoms with Gasteiger partial charge in [-0.25, -0.2) is 0 Å². The van der Waals surface area contributed by atoms with Crippen molar-refractivity contribution in [2.75, 3.05) is 19.8 Å². The summed E-state index contributed by atoms with van der Waals surface area (Å²) in [5, 5.41) is 74.8. The van der Waals surface area contributed by atoms with Crippen LogP contribution in [-0.4, -0.2) is 172 Å². The molecule has 1 aromatic carbocycles. The molecule has 4 aliphatic rings. The molecule has 3 aliphatic heterocycles. The third-order valence-corrected chi connectivity index (χ3v) is 9.90. The van der Waals surface area contributed by atoms with E-state index >= 15 is 0 Å². The molecule has 20 heteroatoms. The predicted molar refractivity (Wildman–Crippen MR) is 170 cm³/mol. The smallest absolute Gasteiger partial charge is 0.187 e. The van der Waals surface area contributed by atoms with Gasteiger partial charge in [-0.15, -0.1) is 0 Å². The summed E-state index contributed by atoms with van der Waals surface area (Å²) in [6, 6.07) is 2.60. The van der Waals surface area contributed by atoms with Crippen LogP contribution in [-0.2, 0) is 39.8 Å². The van der Waals surface area contributed by atoms with E-state index in [1.807, 2.05) is 0 Å². The molecule has 0 spiro atoms. The Bertz CT molecular complexity index is 1210. The molecular formula is C30H50ClN5O14. The summed E-state index contributed by atoms with van der Waals surface area (Å²) >= 11 is 5.95. The lowest BCUT2D eigenvalue weighted by Gasteiger charge is -2.47. The standard InChI is InChI=1S/C30H50ClN5O14/c31-11-3-1-10(2-4-11)9-44-25-15(7-37)46-29(18(36)22(25)42)48-24-13(34)5-12(33)19(39)27(24)50-30-23(43)26(16(8-38)47-30)49-28-17(35)21(41)20(40)14(6-32)45-28/h1-4,12-30,37-43H,5-9,32-36H2/t12-,13+,14+,15+,16+,17-,18+,19+,20-,21-,22+,23+,24-,25+,26+,27-,28-,29+,30-/m0/s1. The molecule has 3 heterocycles. The second kappa shape index (κ2) is 17.3. The lowest BCUT2D eigenvalue weighted by atomic mass is 9.84. The third-order valence-electron chi connectivity index (χ3n) is 9.65. The van der Waals surface area contributed by atoms with E-state index in [1.165, 1.54) is 0 Å². The van der Waals surface area contributed by atoms with Crippen LogP contribution in [0.2, 0.25) is 5.02 Å². The minimum absolute atomic E-state index is 0.0582. The van der Waals surface area contributed by atoms with Gasteiger partial charge in [-0.3, -0.25) is 0 Å². The van der Waals surface area contributed by atoms with Crippen LogP contribution >= 0.6 is 11.6 Å². The van der Waals surface area contributed by atoms with Crippen molar-refractivity contribution in [1.82, 2.24) is 0 Å². The molecule has 0 unspecified atom stereocenters. The normalized spacial score (nSPS) is 47.0. The SMILES string of the molecule is NC[C@H]1O[C@@H](O[C@H]2[C@@H](O)[C@H](O[C@H]3[C@H](O)[C@@H](N)C[C@@H](N)[C@@H]3O[C@H]3O[C@H](CO)[C@@H](OCc4ccc(Cl)cc4)[C@H](O)[C@H]3N)O[C@@H]2CO)[C@@H](N)[C@H](O)[C@H]1O. The third kappa shape index (κ3) is 8.43. The Kier molecular flexibility index (Phi) is 13.8. The first kappa shape index (κ1) is 39.9. The van der Waals surface area contributed by atoms with Crippen molar-refractivity contribution < 1.29 is 68.9 Å². The van der Waals surface area contributed by atoms with E-state index in [9.17, 15) is 35.7 Å². The molecule has 5 rings (SSSR count). The Morgan fingerprint density at radius 3 is 1.78 bits per heavy atom. The van der Waals surface area contributed by atoms with Gasteiger partial charge in [-0.1, -0.05) is 23.7 Å². The lowest BCUT2D eigenvalue weighted by Crippen LogP contribution is -2.68. The minimum Gasteiger partial charge on any atom is -0.394 e. The first-order chi connectivity index (χ1) is 23.8. The van der Waals surface area contributed by atoms with Crippen LogP contribution < -0.4 is 28.7 Å². The van der Waals surface area contributed by atoms with E-state index in [0.717, 1.165) is 5.56 Å². The molecule has 286 valence electrons. The van der Waals surface area contributed by atoms with Crippen molar-refractivity contribution in [3.8, 4) is 0 Å². The van der Waals surface area contributed by atoms with E-state index in [0.29, 0.717) is 5.02 Å². The zero-order chi connectivity index (χ0) is 36.4. The van der Waals surface area contributed by atoms with Gasteiger partial charge in [0, 0.05) is 23.7 Å². The number of aliphatic hydroxyl groups excluding tert-OH is 7. The van der Waals surface area contributed by atoms with Gasteiger partial charge in [0.25, 0.3) is 0 Å². The molecule has 17 N–H and O–H groups in total. The minimum atomic E-state index is -1.63. The fourth-order valence-electron chi connectivity index (χ4n) is 6.66. The average Bonchev–Trinajstić information content (AvgIpc) is 3.40. The highest BCUT2D eigenvalue weighted by Crippen LogP contribution is 2.34. The van der Waals surface area contributed by atoms with Gasteiger partial charge in [-0.05, 0) is 24.1 Å². The van der Waals surface area contributed by atoms with Crippen molar-refractivity contribution >= 4 is 11.6 Å². The van der Waals surface area contributed by atoms with Crippen LogP contribution in [0.5, 0.6) is 0 Å². The van der Waals surface area contributed by atoms with Gasteiger partial charge in [0.15, 0.2) is 18.9 Å². The Labute approximate surface area is 293 Å². The number of ether oxygens (including phenoxy) is 7. The molecule has 0 aromatic heterocycles. The van der Waals surface area contributed by atoms with Gasteiger partial charge < -0.3 is 97.6 Å². The van der Waals surface area contributed by atoms with Crippen LogP contribution in [0, 0.1) is 0 Å². The van der Waals surface area contributed by atoms with Crippen LogP contribution in [0.25, 0.3) is 0 Å². The van der Waals surface area contributed by atoms with Gasteiger partial charge in [0.2, 0.25) is 0 Å². The Hall–Kier alpha value is -1.25. The summed E-state index contributed by atoms with van der Waals surface area (Å²) in [5.41, 5.74) is 31.3. The van der Waals surface area contributed by atoms with E-state index in [1.54, 1.807) is 24.3 Å². The second-order valence-corrected chi connectivity index (χ2v) is 13.5. The summed E-state index contributed by atoms with van der Waals surface area (Å²) in [4.78, 5) is 0. The number of hydrogen-bond acceptors (Lipinski definition) is 19. The second-order valence-electron chi connectivity index (χ2n) is 13.1. The first-order valence-electron chi connectivity index (χ1n) is 16.4. The molecule has 50 heavy (non-hydrogen) atoms. The molecule has 1 aliphatic carbocycles. The first-order valence-corrected chi connectivity index (χ1v) is 16.8. The van der Waals surface area contributed by atoms with Crippen molar-refractivity contribution in [2.24, 2.45) is 28.7 Å². The molecule has 0 radical (unpaired) electrons. The molecule has 19 atom stereocenters. The number of aliphatic hydroxyl groups is 7. The molecule has 1 saturated carbocycles. The number of hydrogen-bond donors (Lipinski definition) is 12. The quantitative estimate of drug-likeness (QED) is 0.0949. The number of rotatable bonds is 12. The molecule has 19 nitrogen and oxygen atoms in total. The predicted octanol–water partition coefficient (Wildman–Crippen LogP) is -5.98. The van der Waals surface area contributed by atoms with Gasteiger partial charge >= 0.3 is 0 Å². The van der Waals surface area contributed by atoms with Gasteiger partial charge in [0.1, 0.15) is 67.1 Å². The fraction of sp³-hybridized carbons (Fsp3) is 0.800. The summed E-state index contributed by atoms with van der Waals surface area (Å²) < 4.78 is 41.2. The topological polar surface area (TPSA) is 336 Å². The van der Waals surface area contributed by atoms with Crippen molar-refractivity contribution in [2.45, 2.75) is 129 Å². The van der Waals surface area contributed by atoms with Crippen LogP contribution in [0.4, 0.5) is 0 Å². The molecule has 0 bridgehead atoms. The number of halogens is 1. The van der Waals surface area contributed by atoms with E-state index in [4.69, 9.17) is 73.4 Å². The summed E-state index contributed by atoms with van der Waals surface area (Å²) in [7, 11) is 0. The molecule has 3 saturated heterocycles. The highest BCUT2D eigenvalue weighted by atomic mass is 35.5. The maximum absolute atomic E-state index is 11.3. The number of benzene rings is 1. The number of nitrogens with two attached hydrogens (primary N) is 5. The van der Waals surface area contributed by atoms with Crippen molar-refractivity contribution in [3.05, 3.63) is 34.9 Å². The Balaban J connectivity index is 1.27. The van der Waals surface area contributed by atoms with Crippen LogP contribution in [0.3, 0.4) is 0 Å².